The lowest BCUT2D eigenvalue weighted by molar-refractivity contribution is 0.0897. The van der Waals surface area contributed by atoms with E-state index in [2.05, 4.69) is 45.5 Å². The van der Waals surface area contributed by atoms with Crippen LogP contribution >= 0.6 is 0 Å². The third kappa shape index (κ3) is 4.12. The smallest absolute Gasteiger partial charge is 0.273 e. The average molecular weight is 435 g/mol. The van der Waals surface area contributed by atoms with Gasteiger partial charge in [0.15, 0.2) is 17.3 Å². The zero-order valence-electron chi connectivity index (χ0n) is 17.9. The summed E-state index contributed by atoms with van der Waals surface area (Å²) in [6, 6.07) is 8.09. The lowest BCUT2D eigenvalue weighted by Crippen LogP contribution is -2.33. The predicted molar refractivity (Wildman–Crippen MR) is 120 cm³/mol. The van der Waals surface area contributed by atoms with Crippen molar-refractivity contribution < 1.29 is 15.0 Å². The second kappa shape index (κ2) is 8.89. The summed E-state index contributed by atoms with van der Waals surface area (Å²) in [5.41, 5.74) is 9.15. The van der Waals surface area contributed by atoms with Crippen molar-refractivity contribution in [1.29, 1.82) is 0 Å². The summed E-state index contributed by atoms with van der Waals surface area (Å²) in [5.74, 6) is -0.0805. The van der Waals surface area contributed by atoms with Crippen LogP contribution < -0.4 is 11.1 Å². The number of nitrogens with one attached hydrogen (secondary N) is 1. The maximum Gasteiger partial charge on any atom is 0.273 e. The van der Waals surface area contributed by atoms with E-state index in [1.165, 1.54) is 10.2 Å². The Labute approximate surface area is 185 Å². The molecule has 1 aromatic carbocycles. The molecule has 5 N–H and O–H groups in total. The van der Waals surface area contributed by atoms with E-state index in [1.807, 2.05) is 25.1 Å². The molecule has 0 spiro atoms. The number of aliphatic hydroxyl groups is 2. The standard InChI is InChI=1S/C23H26N6O3/c1-13-9-26-29(11-13)22-19(18(31)12-30)27-20(21(24)28-22)23(32)25-10-17-14(2)7-8-15-5-3-4-6-16(15)17/h3-9,11,14,17-18,30-31H,10,12H2,1-2H3,(H2,24,28)(H,25,32). The summed E-state index contributed by atoms with van der Waals surface area (Å²) in [6.45, 7) is 3.76. The van der Waals surface area contributed by atoms with E-state index in [9.17, 15) is 15.0 Å². The van der Waals surface area contributed by atoms with Gasteiger partial charge in [0.05, 0.1) is 12.8 Å². The fourth-order valence-electron chi connectivity index (χ4n) is 3.88. The maximum atomic E-state index is 13.0. The van der Waals surface area contributed by atoms with Crippen LogP contribution in [0.5, 0.6) is 0 Å². The molecule has 3 aromatic rings. The molecule has 166 valence electrons. The zero-order valence-corrected chi connectivity index (χ0v) is 17.9. The Balaban J connectivity index is 1.61. The Kier molecular flexibility index (Phi) is 6.02. The predicted octanol–water partition coefficient (Wildman–Crippen LogP) is 1.76. The van der Waals surface area contributed by atoms with Crippen molar-refractivity contribution in [2.24, 2.45) is 5.92 Å². The quantitative estimate of drug-likeness (QED) is 0.463. The zero-order chi connectivity index (χ0) is 22.8. The SMILES string of the molecule is Cc1cnn(-c2nc(N)c(C(=O)NCC3c4ccccc4C=CC3C)nc2C(O)CO)c1. The summed E-state index contributed by atoms with van der Waals surface area (Å²) < 4.78 is 1.40. The summed E-state index contributed by atoms with van der Waals surface area (Å²) >= 11 is 0. The van der Waals surface area contributed by atoms with Crippen molar-refractivity contribution in [3.8, 4) is 5.82 Å². The van der Waals surface area contributed by atoms with E-state index in [-0.39, 0.29) is 34.9 Å². The van der Waals surface area contributed by atoms with Gasteiger partial charge in [-0.05, 0) is 29.5 Å². The molecule has 32 heavy (non-hydrogen) atoms. The minimum atomic E-state index is -1.34. The number of benzene rings is 1. The molecule has 4 rings (SSSR count). The summed E-state index contributed by atoms with van der Waals surface area (Å²) in [6.07, 6.45) is 6.19. The molecule has 0 fully saturated rings. The molecule has 2 heterocycles. The second-order valence-corrected chi connectivity index (χ2v) is 7.99. The van der Waals surface area contributed by atoms with Crippen LogP contribution in [0.25, 0.3) is 11.9 Å². The van der Waals surface area contributed by atoms with Crippen molar-refractivity contribution in [2.75, 3.05) is 18.9 Å². The first-order valence-corrected chi connectivity index (χ1v) is 10.4. The van der Waals surface area contributed by atoms with E-state index in [4.69, 9.17) is 5.73 Å². The van der Waals surface area contributed by atoms with Crippen molar-refractivity contribution in [3.63, 3.8) is 0 Å². The van der Waals surface area contributed by atoms with E-state index in [1.54, 1.807) is 12.4 Å². The van der Waals surface area contributed by atoms with Gasteiger partial charge < -0.3 is 21.3 Å². The first-order chi connectivity index (χ1) is 15.4. The molecule has 0 radical (unpaired) electrons. The van der Waals surface area contributed by atoms with Gasteiger partial charge in [0, 0.05) is 18.7 Å². The third-order valence-electron chi connectivity index (χ3n) is 5.65. The van der Waals surface area contributed by atoms with Crippen molar-refractivity contribution >= 4 is 17.8 Å². The van der Waals surface area contributed by atoms with Crippen LogP contribution in [0.2, 0.25) is 0 Å². The van der Waals surface area contributed by atoms with Crippen molar-refractivity contribution in [3.05, 3.63) is 70.8 Å². The Morgan fingerprint density at radius 2 is 2.09 bits per heavy atom. The fourth-order valence-corrected chi connectivity index (χ4v) is 3.88. The number of aliphatic hydroxyl groups excluding tert-OH is 2. The van der Waals surface area contributed by atoms with Crippen LogP contribution in [0.4, 0.5) is 5.82 Å². The highest BCUT2D eigenvalue weighted by Gasteiger charge is 2.26. The Bertz CT molecular complexity index is 1170. The molecule has 1 aliphatic carbocycles. The largest absolute Gasteiger partial charge is 0.393 e. The average Bonchev–Trinajstić information content (AvgIpc) is 3.23. The third-order valence-corrected chi connectivity index (χ3v) is 5.65. The van der Waals surface area contributed by atoms with Crippen LogP contribution in [0, 0.1) is 12.8 Å². The number of nitrogen functional groups attached to an aromatic ring is 1. The number of carbonyl (C=O) groups is 1. The number of hydrogen-bond acceptors (Lipinski definition) is 7. The van der Waals surface area contributed by atoms with Gasteiger partial charge in [-0.1, -0.05) is 43.3 Å². The van der Waals surface area contributed by atoms with Crippen LogP contribution in [-0.4, -0.2) is 49.0 Å². The molecule has 1 amide bonds. The maximum absolute atomic E-state index is 13.0. The lowest BCUT2D eigenvalue weighted by Gasteiger charge is -2.27. The Morgan fingerprint density at radius 1 is 1.31 bits per heavy atom. The Hall–Kier alpha value is -3.56. The number of carbonyl (C=O) groups excluding carboxylic acids is 1. The highest BCUT2D eigenvalue weighted by Crippen LogP contribution is 2.33. The van der Waals surface area contributed by atoms with Gasteiger partial charge in [-0.25, -0.2) is 14.6 Å². The number of rotatable bonds is 6. The number of hydrogen-bond donors (Lipinski definition) is 4. The van der Waals surface area contributed by atoms with E-state index < -0.39 is 18.6 Å². The van der Waals surface area contributed by atoms with Gasteiger partial charge in [-0.3, -0.25) is 4.79 Å². The molecular formula is C23H26N6O3. The van der Waals surface area contributed by atoms with Crippen LogP contribution in [0.15, 0.2) is 42.7 Å². The topological polar surface area (TPSA) is 139 Å². The van der Waals surface area contributed by atoms with E-state index in [0.717, 1.165) is 11.1 Å². The normalized spacial score (nSPS) is 18.2. The van der Waals surface area contributed by atoms with E-state index in [0.29, 0.717) is 6.54 Å². The van der Waals surface area contributed by atoms with E-state index >= 15 is 0 Å². The highest BCUT2D eigenvalue weighted by molar-refractivity contribution is 5.96. The van der Waals surface area contributed by atoms with Gasteiger partial charge in [-0.2, -0.15) is 5.10 Å². The van der Waals surface area contributed by atoms with Crippen molar-refractivity contribution in [2.45, 2.75) is 25.9 Å². The summed E-state index contributed by atoms with van der Waals surface area (Å²) in [7, 11) is 0. The molecule has 0 bridgehead atoms. The minimum absolute atomic E-state index is 0.0225. The van der Waals surface area contributed by atoms with Crippen LogP contribution in [0.1, 0.15) is 51.8 Å². The molecule has 0 saturated carbocycles. The number of nitrogens with zero attached hydrogens (tertiary/aromatic N) is 4. The lowest BCUT2D eigenvalue weighted by atomic mass is 9.80. The summed E-state index contributed by atoms with van der Waals surface area (Å²) in [5, 5.41) is 26.8. The number of aryl methyl sites for hydroxylation is 1. The molecule has 3 atom stereocenters. The molecule has 1 aliphatic rings. The molecule has 2 aromatic heterocycles. The van der Waals surface area contributed by atoms with Gasteiger partial charge >= 0.3 is 0 Å². The highest BCUT2D eigenvalue weighted by atomic mass is 16.3. The molecule has 0 saturated heterocycles. The second-order valence-electron chi connectivity index (χ2n) is 7.99. The monoisotopic (exact) mass is 434 g/mol. The molecule has 0 aliphatic heterocycles. The Morgan fingerprint density at radius 3 is 2.81 bits per heavy atom. The first-order valence-electron chi connectivity index (χ1n) is 10.4. The number of aromatic nitrogens is 4. The number of amides is 1. The minimum Gasteiger partial charge on any atom is -0.393 e. The van der Waals surface area contributed by atoms with Gasteiger partial charge in [0.25, 0.3) is 5.91 Å². The number of allylic oxidation sites excluding steroid dienone is 1. The summed E-state index contributed by atoms with van der Waals surface area (Å²) in [4.78, 5) is 21.5. The molecule has 9 nitrogen and oxygen atoms in total. The molecule has 3 unspecified atom stereocenters. The number of nitrogens with two attached hydrogens (primary N) is 1. The van der Waals surface area contributed by atoms with Gasteiger partial charge in [0.1, 0.15) is 11.8 Å². The van der Waals surface area contributed by atoms with Crippen LogP contribution in [-0.2, 0) is 0 Å². The molecular weight excluding hydrogens is 408 g/mol. The fraction of sp³-hybridized carbons (Fsp3) is 0.304. The molecule has 9 heteroatoms. The first kappa shape index (κ1) is 21.7. The number of fused-ring (bicyclic) bond motifs is 1. The number of anilines is 1. The van der Waals surface area contributed by atoms with Gasteiger partial charge in [-0.15, -0.1) is 0 Å². The van der Waals surface area contributed by atoms with Crippen molar-refractivity contribution in [1.82, 2.24) is 25.1 Å². The van der Waals surface area contributed by atoms with Gasteiger partial charge in [0.2, 0.25) is 0 Å². The van der Waals surface area contributed by atoms with Crippen LogP contribution in [0.3, 0.4) is 0 Å².